The Morgan fingerprint density at radius 1 is 1.38 bits per heavy atom. The minimum atomic E-state index is -0.400. The third-order valence-corrected chi connectivity index (χ3v) is 3.00. The molecule has 0 fully saturated rings. The van der Waals surface area contributed by atoms with Crippen LogP contribution in [0.15, 0.2) is 12.3 Å². The fraction of sp³-hybridized carbons (Fsp3) is 0.750. The average molecular weight is 225 g/mol. The Labute approximate surface area is 97.9 Å². The molecule has 0 spiro atoms. The van der Waals surface area contributed by atoms with Crippen LogP contribution in [0.4, 0.5) is 0 Å². The van der Waals surface area contributed by atoms with Gasteiger partial charge < -0.3 is 10.0 Å². The number of rotatable bonds is 7. The summed E-state index contributed by atoms with van der Waals surface area (Å²) in [5.74, 6) is 0. The van der Waals surface area contributed by atoms with Gasteiger partial charge in [-0.1, -0.05) is 13.8 Å². The number of nitrogens with zero attached hydrogens (tertiary/aromatic N) is 3. The smallest absolute Gasteiger partial charge is 0.0968 e. The van der Waals surface area contributed by atoms with Gasteiger partial charge in [0.25, 0.3) is 0 Å². The van der Waals surface area contributed by atoms with E-state index in [9.17, 15) is 5.11 Å². The van der Waals surface area contributed by atoms with Gasteiger partial charge in [-0.15, -0.1) is 0 Å². The highest BCUT2D eigenvalue weighted by molar-refractivity contribution is 5.04. The van der Waals surface area contributed by atoms with Crippen LogP contribution in [0.1, 0.15) is 39.0 Å². The Bertz CT molecular complexity index is 294. The van der Waals surface area contributed by atoms with Crippen molar-refractivity contribution >= 4 is 0 Å². The first-order chi connectivity index (χ1) is 7.72. The average Bonchev–Trinajstić information content (AvgIpc) is 2.78. The van der Waals surface area contributed by atoms with Crippen molar-refractivity contribution in [2.24, 2.45) is 0 Å². The molecule has 4 heteroatoms. The van der Waals surface area contributed by atoms with Crippen molar-refractivity contribution in [2.75, 3.05) is 19.6 Å². The van der Waals surface area contributed by atoms with Gasteiger partial charge in [0.15, 0.2) is 0 Å². The summed E-state index contributed by atoms with van der Waals surface area (Å²) in [5, 5.41) is 14.2. The van der Waals surface area contributed by atoms with Gasteiger partial charge in [0.2, 0.25) is 0 Å². The summed E-state index contributed by atoms with van der Waals surface area (Å²) in [7, 11) is 0. The molecule has 4 nitrogen and oxygen atoms in total. The largest absolute Gasteiger partial charge is 0.387 e. The molecule has 0 aromatic carbocycles. The summed E-state index contributed by atoms with van der Waals surface area (Å²) in [5.41, 5.74) is 0.926. The molecule has 16 heavy (non-hydrogen) atoms. The van der Waals surface area contributed by atoms with Gasteiger partial charge in [0, 0.05) is 19.3 Å². The molecule has 92 valence electrons. The molecule has 1 atom stereocenters. The Hall–Kier alpha value is -0.870. The lowest BCUT2D eigenvalue weighted by Gasteiger charge is -2.20. The molecule has 1 heterocycles. The van der Waals surface area contributed by atoms with E-state index in [2.05, 4.69) is 23.8 Å². The minimum absolute atomic E-state index is 0.400. The maximum Gasteiger partial charge on any atom is 0.0968 e. The van der Waals surface area contributed by atoms with E-state index in [0.29, 0.717) is 0 Å². The number of aryl methyl sites for hydroxylation is 1. The maximum atomic E-state index is 10.1. The molecule has 1 N–H and O–H groups in total. The zero-order valence-corrected chi connectivity index (χ0v) is 10.6. The molecule has 0 aliphatic heterocycles. The van der Waals surface area contributed by atoms with Crippen LogP contribution in [0, 0.1) is 0 Å². The number of aliphatic hydroxyl groups excluding tert-OH is 1. The van der Waals surface area contributed by atoms with Crippen LogP contribution >= 0.6 is 0 Å². The Balaban J connectivity index is 2.49. The molecule has 0 aliphatic rings. The standard InChI is InChI=1S/C12H23N3O/c1-4-14(5-2)10-8-12(16)11-7-9-13-15(11)6-3/h7,9,12,16H,4-6,8,10H2,1-3H3. The van der Waals surface area contributed by atoms with Gasteiger partial charge in [0.05, 0.1) is 11.8 Å². The summed E-state index contributed by atoms with van der Waals surface area (Å²) >= 11 is 0. The molecular formula is C12H23N3O. The van der Waals surface area contributed by atoms with Crippen LogP contribution in [-0.2, 0) is 6.54 Å². The number of hydrogen-bond donors (Lipinski definition) is 1. The highest BCUT2D eigenvalue weighted by Crippen LogP contribution is 2.16. The Morgan fingerprint density at radius 2 is 2.06 bits per heavy atom. The van der Waals surface area contributed by atoms with Gasteiger partial charge in [-0.3, -0.25) is 4.68 Å². The molecule has 0 radical (unpaired) electrons. The highest BCUT2D eigenvalue weighted by Gasteiger charge is 2.13. The van der Waals surface area contributed by atoms with E-state index < -0.39 is 6.10 Å². The van der Waals surface area contributed by atoms with E-state index in [0.717, 1.165) is 38.3 Å². The first-order valence-corrected chi connectivity index (χ1v) is 6.15. The molecule has 1 aromatic heterocycles. The minimum Gasteiger partial charge on any atom is -0.387 e. The van der Waals surface area contributed by atoms with Gasteiger partial charge in [-0.2, -0.15) is 5.10 Å². The topological polar surface area (TPSA) is 41.3 Å². The van der Waals surface area contributed by atoms with Crippen molar-refractivity contribution in [3.8, 4) is 0 Å². The predicted octanol–water partition coefficient (Wildman–Crippen LogP) is 1.67. The van der Waals surface area contributed by atoms with Gasteiger partial charge >= 0.3 is 0 Å². The highest BCUT2D eigenvalue weighted by atomic mass is 16.3. The first-order valence-electron chi connectivity index (χ1n) is 6.15. The zero-order chi connectivity index (χ0) is 12.0. The van der Waals surface area contributed by atoms with E-state index in [-0.39, 0.29) is 0 Å². The number of aromatic nitrogens is 2. The van der Waals surface area contributed by atoms with Crippen molar-refractivity contribution in [2.45, 2.75) is 39.8 Å². The third kappa shape index (κ3) is 3.32. The third-order valence-electron chi connectivity index (χ3n) is 3.00. The lowest BCUT2D eigenvalue weighted by molar-refractivity contribution is 0.136. The molecule has 0 saturated carbocycles. The Kier molecular flexibility index (Phi) is 5.49. The zero-order valence-electron chi connectivity index (χ0n) is 10.6. The molecule has 1 aromatic rings. The molecular weight excluding hydrogens is 202 g/mol. The van der Waals surface area contributed by atoms with Crippen LogP contribution in [0.25, 0.3) is 0 Å². The summed E-state index contributed by atoms with van der Waals surface area (Å²) < 4.78 is 1.85. The lowest BCUT2D eigenvalue weighted by Crippen LogP contribution is -2.25. The fourth-order valence-corrected chi connectivity index (χ4v) is 1.88. The van der Waals surface area contributed by atoms with Crippen LogP contribution < -0.4 is 0 Å². The summed E-state index contributed by atoms with van der Waals surface area (Å²) in [6.07, 6.45) is 2.12. The summed E-state index contributed by atoms with van der Waals surface area (Å²) in [6.45, 7) is 10.1. The molecule has 0 amide bonds. The van der Waals surface area contributed by atoms with Crippen LogP contribution in [0.5, 0.6) is 0 Å². The first kappa shape index (κ1) is 13.2. The van der Waals surface area contributed by atoms with Gasteiger partial charge in [-0.25, -0.2) is 0 Å². The Morgan fingerprint density at radius 3 is 2.62 bits per heavy atom. The predicted molar refractivity (Wildman–Crippen MR) is 65.3 cm³/mol. The van der Waals surface area contributed by atoms with Crippen LogP contribution in [-0.4, -0.2) is 39.4 Å². The van der Waals surface area contributed by atoms with Gasteiger partial charge in [-0.05, 0) is 32.5 Å². The quantitative estimate of drug-likeness (QED) is 0.767. The van der Waals surface area contributed by atoms with Crippen molar-refractivity contribution < 1.29 is 5.11 Å². The second-order valence-electron chi connectivity index (χ2n) is 3.90. The molecule has 1 rings (SSSR count). The van der Waals surface area contributed by atoms with E-state index in [1.807, 2.05) is 17.7 Å². The van der Waals surface area contributed by atoms with E-state index >= 15 is 0 Å². The van der Waals surface area contributed by atoms with Crippen LogP contribution in [0.3, 0.4) is 0 Å². The lowest BCUT2D eigenvalue weighted by atomic mass is 10.2. The molecule has 0 bridgehead atoms. The van der Waals surface area contributed by atoms with Gasteiger partial charge in [0.1, 0.15) is 0 Å². The van der Waals surface area contributed by atoms with Crippen LogP contribution in [0.2, 0.25) is 0 Å². The monoisotopic (exact) mass is 225 g/mol. The normalized spacial score (nSPS) is 13.3. The molecule has 0 aliphatic carbocycles. The number of aliphatic hydroxyl groups is 1. The van der Waals surface area contributed by atoms with Crippen molar-refractivity contribution in [3.05, 3.63) is 18.0 Å². The molecule has 1 unspecified atom stereocenters. The summed E-state index contributed by atoms with van der Waals surface area (Å²) in [6, 6.07) is 1.90. The van der Waals surface area contributed by atoms with Crippen molar-refractivity contribution in [1.29, 1.82) is 0 Å². The van der Waals surface area contributed by atoms with E-state index in [1.165, 1.54) is 0 Å². The maximum absolute atomic E-state index is 10.1. The second-order valence-corrected chi connectivity index (χ2v) is 3.90. The van der Waals surface area contributed by atoms with E-state index in [1.54, 1.807) is 6.20 Å². The molecule has 0 saturated heterocycles. The van der Waals surface area contributed by atoms with Crippen molar-refractivity contribution in [3.63, 3.8) is 0 Å². The fourth-order valence-electron chi connectivity index (χ4n) is 1.88. The summed E-state index contributed by atoms with van der Waals surface area (Å²) in [4.78, 5) is 2.32. The van der Waals surface area contributed by atoms with Crippen molar-refractivity contribution in [1.82, 2.24) is 14.7 Å². The van der Waals surface area contributed by atoms with E-state index in [4.69, 9.17) is 0 Å². The SMILES string of the molecule is CCN(CC)CCC(O)c1ccnn1CC. The number of hydrogen-bond acceptors (Lipinski definition) is 3. The second kappa shape index (κ2) is 6.66.